The van der Waals surface area contributed by atoms with E-state index in [1.165, 1.54) is 0 Å². The molecule has 0 amide bonds. The van der Waals surface area contributed by atoms with Crippen molar-refractivity contribution in [1.82, 2.24) is 4.72 Å². The summed E-state index contributed by atoms with van der Waals surface area (Å²) in [6.07, 6.45) is 0. The number of halogens is 1. The predicted molar refractivity (Wildman–Crippen MR) is 83.8 cm³/mol. The van der Waals surface area contributed by atoms with Gasteiger partial charge in [0.1, 0.15) is 0 Å². The highest BCUT2D eigenvalue weighted by atomic mass is 79.9. The van der Waals surface area contributed by atoms with E-state index in [0.29, 0.717) is 4.47 Å². The molecule has 1 aliphatic rings. The highest BCUT2D eigenvalue weighted by Crippen LogP contribution is 2.53. The minimum atomic E-state index is -3.57. The lowest BCUT2D eigenvalue weighted by Crippen LogP contribution is -2.75. The summed E-state index contributed by atoms with van der Waals surface area (Å²) in [7, 11) is -3.57. The monoisotopic (exact) mass is 360 g/mol. The van der Waals surface area contributed by atoms with Crippen molar-refractivity contribution >= 4 is 26.0 Å². The zero-order valence-electron chi connectivity index (χ0n) is 12.1. The van der Waals surface area contributed by atoms with Gasteiger partial charge in [-0.15, -0.1) is 0 Å². The molecule has 20 heavy (non-hydrogen) atoms. The molecule has 112 valence electrons. The molecular weight excluding hydrogens is 340 g/mol. The Balaban J connectivity index is 2.33. The van der Waals surface area contributed by atoms with Crippen molar-refractivity contribution in [3.63, 3.8) is 0 Å². The van der Waals surface area contributed by atoms with Crippen LogP contribution in [0.1, 0.15) is 27.7 Å². The van der Waals surface area contributed by atoms with Crippen molar-refractivity contribution in [2.75, 3.05) is 0 Å². The molecule has 1 aliphatic carbocycles. The first kappa shape index (κ1) is 15.9. The lowest BCUT2D eigenvalue weighted by molar-refractivity contribution is -0.0593. The quantitative estimate of drug-likeness (QED) is 0.869. The molecule has 0 heterocycles. The van der Waals surface area contributed by atoms with Crippen molar-refractivity contribution in [2.45, 2.75) is 44.7 Å². The van der Waals surface area contributed by atoms with Gasteiger partial charge >= 0.3 is 0 Å². The first-order valence-corrected chi connectivity index (χ1v) is 8.81. The Bertz CT molecular complexity index is 610. The number of rotatable bonds is 3. The largest absolute Gasteiger partial charge is 0.327 e. The van der Waals surface area contributed by atoms with Gasteiger partial charge in [-0.05, 0) is 38.9 Å². The molecule has 1 aromatic rings. The average molecular weight is 361 g/mol. The van der Waals surface area contributed by atoms with Gasteiger partial charge in [-0.3, -0.25) is 0 Å². The second kappa shape index (κ2) is 4.80. The third kappa shape index (κ3) is 2.32. The van der Waals surface area contributed by atoms with Crippen molar-refractivity contribution in [1.29, 1.82) is 0 Å². The van der Waals surface area contributed by atoms with Gasteiger partial charge in [0.15, 0.2) is 0 Å². The van der Waals surface area contributed by atoms with Gasteiger partial charge in [-0.25, -0.2) is 13.1 Å². The van der Waals surface area contributed by atoms with Crippen LogP contribution in [0.5, 0.6) is 0 Å². The van der Waals surface area contributed by atoms with Gasteiger partial charge in [-0.1, -0.05) is 39.8 Å². The molecule has 0 saturated heterocycles. The summed E-state index contributed by atoms with van der Waals surface area (Å²) >= 11 is 3.29. The zero-order valence-corrected chi connectivity index (χ0v) is 14.5. The average Bonchev–Trinajstić information content (AvgIpc) is 2.35. The minimum absolute atomic E-state index is 0.0399. The fraction of sp³-hybridized carbons (Fsp3) is 0.571. The summed E-state index contributed by atoms with van der Waals surface area (Å²) in [5.41, 5.74) is 5.64. The molecule has 0 spiro atoms. The number of benzene rings is 1. The molecule has 1 saturated carbocycles. The number of sulfonamides is 1. The van der Waals surface area contributed by atoms with Gasteiger partial charge in [-0.2, -0.15) is 0 Å². The predicted octanol–water partition coefficient (Wildman–Crippen LogP) is 2.49. The molecule has 4 nitrogen and oxygen atoms in total. The Morgan fingerprint density at radius 2 is 1.65 bits per heavy atom. The molecule has 0 aromatic heterocycles. The molecule has 6 heteroatoms. The van der Waals surface area contributed by atoms with E-state index in [-0.39, 0.29) is 27.8 Å². The first-order valence-electron chi connectivity index (χ1n) is 6.53. The SMILES string of the molecule is CC1(C)C(N)C(C)(C)C1NS(=O)(=O)c1ccccc1Br. The van der Waals surface area contributed by atoms with E-state index in [1.807, 2.05) is 27.7 Å². The van der Waals surface area contributed by atoms with E-state index in [1.54, 1.807) is 24.3 Å². The summed E-state index contributed by atoms with van der Waals surface area (Å²) in [5, 5.41) is 0. The highest BCUT2D eigenvalue weighted by molar-refractivity contribution is 9.10. The first-order chi connectivity index (χ1) is 9.01. The Labute approximate surface area is 129 Å². The zero-order chi connectivity index (χ0) is 15.3. The molecule has 2 rings (SSSR count). The van der Waals surface area contributed by atoms with E-state index >= 15 is 0 Å². The summed E-state index contributed by atoms with van der Waals surface area (Å²) in [5.74, 6) is 0. The Hall–Kier alpha value is -0.430. The number of nitrogens with two attached hydrogens (primary N) is 1. The van der Waals surface area contributed by atoms with Gasteiger partial charge in [0.05, 0.1) is 4.90 Å². The Morgan fingerprint density at radius 1 is 1.15 bits per heavy atom. The van der Waals surface area contributed by atoms with E-state index in [0.717, 1.165) is 0 Å². The van der Waals surface area contributed by atoms with Crippen LogP contribution in [0.25, 0.3) is 0 Å². The van der Waals surface area contributed by atoms with Crippen LogP contribution >= 0.6 is 15.9 Å². The Morgan fingerprint density at radius 3 is 2.15 bits per heavy atom. The van der Waals surface area contributed by atoms with Gasteiger partial charge in [0, 0.05) is 16.6 Å². The summed E-state index contributed by atoms with van der Waals surface area (Å²) in [4.78, 5) is 0.257. The fourth-order valence-electron chi connectivity index (χ4n) is 3.37. The van der Waals surface area contributed by atoms with Gasteiger partial charge < -0.3 is 5.73 Å². The molecule has 0 aliphatic heterocycles. The molecule has 0 bridgehead atoms. The van der Waals surface area contributed by atoms with Gasteiger partial charge in [0.2, 0.25) is 10.0 Å². The van der Waals surface area contributed by atoms with Crippen LogP contribution < -0.4 is 10.5 Å². The van der Waals surface area contributed by atoms with E-state index in [9.17, 15) is 8.42 Å². The normalized spacial score (nSPS) is 27.9. The Kier molecular flexibility index (Phi) is 3.83. The van der Waals surface area contributed by atoms with Crippen LogP contribution in [0.2, 0.25) is 0 Å². The maximum Gasteiger partial charge on any atom is 0.241 e. The van der Waals surface area contributed by atoms with Crippen LogP contribution in [-0.4, -0.2) is 20.5 Å². The van der Waals surface area contributed by atoms with Crippen LogP contribution in [0.3, 0.4) is 0 Å². The summed E-state index contributed by atoms with van der Waals surface area (Å²) in [6.45, 7) is 7.98. The van der Waals surface area contributed by atoms with Gasteiger partial charge in [0.25, 0.3) is 0 Å². The standard InChI is InChI=1S/C14H21BrN2O2S/c1-13(2)11(16)14(3,4)12(13)17-20(18,19)10-8-6-5-7-9(10)15/h5-8,11-12,17H,16H2,1-4H3. The van der Waals surface area contributed by atoms with Crippen molar-refractivity contribution < 1.29 is 8.42 Å². The van der Waals surface area contributed by atoms with E-state index < -0.39 is 10.0 Å². The molecule has 0 atom stereocenters. The second-order valence-corrected chi connectivity index (χ2v) is 9.14. The number of hydrogen-bond acceptors (Lipinski definition) is 3. The lowest BCUT2D eigenvalue weighted by Gasteiger charge is -2.62. The highest BCUT2D eigenvalue weighted by Gasteiger charge is 2.61. The maximum absolute atomic E-state index is 12.6. The summed E-state index contributed by atoms with van der Waals surface area (Å²) in [6, 6.07) is 6.57. The van der Waals surface area contributed by atoms with E-state index in [4.69, 9.17) is 5.73 Å². The van der Waals surface area contributed by atoms with Crippen molar-refractivity contribution in [3.8, 4) is 0 Å². The molecular formula is C14H21BrN2O2S. The molecule has 0 unspecified atom stereocenters. The lowest BCUT2D eigenvalue weighted by atomic mass is 9.49. The van der Waals surface area contributed by atoms with E-state index in [2.05, 4.69) is 20.7 Å². The second-order valence-electron chi connectivity index (χ2n) is 6.61. The summed E-state index contributed by atoms with van der Waals surface area (Å²) < 4.78 is 28.5. The van der Waals surface area contributed by atoms with Crippen LogP contribution in [0.15, 0.2) is 33.6 Å². The fourth-order valence-corrected chi connectivity index (χ4v) is 5.92. The molecule has 0 radical (unpaired) electrons. The topological polar surface area (TPSA) is 72.2 Å². The molecule has 1 fully saturated rings. The maximum atomic E-state index is 12.6. The third-order valence-electron chi connectivity index (χ3n) is 4.49. The van der Waals surface area contributed by atoms with Crippen LogP contribution in [0, 0.1) is 10.8 Å². The number of nitrogens with one attached hydrogen (secondary N) is 1. The number of hydrogen-bond donors (Lipinski definition) is 2. The molecule has 1 aromatic carbocycles. The van der Waals surface area contributed by atoms with Crippen molar-refractivity contribution in [3.05, 3.63) is 28.7 Å². The minimum Gasteiger partial charge on any atom is -0.327 e. The third-order valence-corrected chi connectivity index (χ3v) is 6.93. The van der Waals surface area contributed by atoms with Crippen LogP contribution in [0.4, 0.5) is 0 Å². The smallest absolute Gasteiger partial charge is 0.241 e. The van der Waals surface area contributed by atoms with Crippen LogP contribution in [-0.2, 0) is 10.0 Å². The van der Waals surface area contributed by atoms with Crippen molar-refractivity contribution in [2.24, 2.45) is 16.6 Å². The molecule has 3 N–H and O–H groups in total.